The van der Waals surface area contributed by atoms with Gasteiger partial charge in [-0.3, -0.25) is 14.5 Å². The summed E-state index contributed by atoms with van der Waals surface area (Å²) in [6, 6.07) is 8.31. The highest BCUT2D eigenvalue weighted by Crippen LogP contribution is 2.40. The van der Waals surface area contributed by atoms with Gasteiger partial charge in [-0.25, -0.2) is 4.79 Å². The Balaban J connectivity index is 1.62. The van der Waals surface area contributed by atoms with Crippen LogP contribution in [0.2, 0.25) is 0 Å². The molecule has 0 aliphatic carbocycles. The molecule has 0 unspecified atom stereocenters. The molecular formula is C17H17IN2O5S. The van der Waals surface area contributed by atoms with Gasteiger partial charge in [0.1, 0.15) is 22.9 Å². The van der Waals surface area contributed by atoms with Gasteiger partial charge in [0.05, 0.1) is 7.11 Å². The number of amides is 2. The molecule has 0 radical (unpaired) electrons. The number of thioether (sulfide) groups is 1. The van der Waals surface area contributed by atoms with Crippen LogP contribution in [0.1, 0.15) is 0 Å². The van der Waals surface area contributed by atoms with Crippen LogP contribution in [0.25, 0.3) is 0 Å². The van der Waals surface area contributed by atoms with Crippen molar-refractivity contribution in [1.29, 1.82) is 0 Å². The maximum Gasteiger partial charge on any atom is 0.354 e. The molecule has 1 fully saturated rings. The van der Waals surface area contributed by atoms with Crippen LogP contribution in [0.4, 0.5) is 0 Å². The van der Waals surface area contributed by atoms with Crippen molar-refractivity contribution in [3.8, 4) is 5.75 Å². The number of rotatable bonds is 6. The molecule has 26 heavy (non-hydrogen) atoms. The van der Waals surface area contributed by atoms with Gasteiger partial charge in [-0.1, -0.05) is 40.8 Å². The van der Waals surface area contributed by atoms with Crippen LogP contribution in [0.15, 0.2) is 41.6 Å². The van der Waals surface area contributed by atoms with E-state index in [1.54, 1.807) is 12.1 Å². The molecule has 2 atom stereocenters. The van der Waals surface area contributed by atoms with Crippen molar-refractivity contribution in [2.24, 2.45) is 0 Å². The number of alkyl halides is 1. The number of methoxy groups -OCH3 is 1. The third-order valence-electron chi connectivity index (χ3n) is 4.02. The Kier molecular flexibility index (Phi) is 6.07. The number of nitrogens with one attached hydrogen (secondary N) is 1. The van der Waals surface area contributed by atoms with E-state index in [0.29, 0.717) is 21.6 Å². The molecule has 2 heterocycles. The first-order chi connectivity index (χ1) is 12.6. The highest BCUT2D eigenvalue weighted by molar-refractivity contribution is 14.1. The zero-order valence-corrected chi connectivity index (χ0v) is 16.9. The molecule has 0 spiro atoms. The number of para-hydroxylation sites is 1. The predicted octanol–water partition coefficient (Wildman–Crippen LogP) is 1.33. The van der Waals surface area contributed by atoms with Gasteiger partial charge in [0.25, 0.3) is 11.8 Å². The summed E-state index contributed by atoms with van der Waals surface area (Å²) >= 11 is 3.68. The summed E-state index contributed by atoms with van der Waals surface area (Å²) in [5.41, 5.74) is 1.17. The van der Waals surface area contributed by atoms with Gasteiger partial charge in [0, 0.05) is 10.2 Å². The fourth-order valence-electron chi connectivity index (χ4n) is 2.75. The van der Waals surface area contributed by atoms with Crippen LogP contribution >= 0.6 is 34.4 Å². The highest BCUT2D eigenvalue weighted by atomic mass is 127. The van der Waals surface area contributed by atoms with E-state index in [4.69, 9.17) is 9.47 Å². The smallest absolute Gasteiger partial charge is 0.354 e. The Hall–Kier alpha value is -1.75. The number of nitrogens with zero attached hydrogens (tertiary/aromatic N) is 1. The van der Waals surface area contributed by atoms with Gasteiger partial charge in [-0.05, 0) is 17.7 Å². The van der Waals surface area contributed by atoms with E-state index < -0.39 is 12.0 Å². The Morgan fingerprint density at radius 2 is 2.08 bits per heavy atom. The molecule has 2 aliphatic rings. The Bertz CT molecular complexity index is 755. The van der Waals surface area contributed by atoms with E-state index in [1.165, 1.54) is 23.8 Å². The summed E-state index contributed by atoms with van der Waals surface area (Å²) in [6.45, 7) is -0.177. The third-order valence-corrected chi connectivity index (χ3v) is 6.28. The number of hydrogen-bond acceptors (Lipinski definition) is 6. The van der Waals surface area contributed by atoms with E-state index in [1.807, 2.05) is 18.2 Å². The number of fused-ring (bicyclic) bond motifs is 1. The van der Waals surface area contributed by atoms with Gasteiger partial charge in [-0.15, -0.1) is 11.8 Å². The lowest BCUT2D eigenvalue weighted by molar-refractivity contribution is -0.152. The van der Waals surface area contributed by atoms with Crippen molar-refractivity contribution in [2.75, 3.05) is 23.9 Å². The number of carbonyl (C=O) groups is 3. The molecule has 2 amide bonds. The summed E-state index contributed by atoms with van der Waals surface area (Å²) in [4.78, 5) is 38.1. The molecule has 1 N–H and O–H groups in total. The summed E-state index contributed by atoms with van der Waals surface area (Å²) in [6.07, 6.45) is 0. The van der Waals surface area contributed by atoms with E-state index >= 15 is 0 Å². The Morgan fingerprint density at radius 3 is 2.73 bits per heavy atom. The first-order valence-electron chi connectivity index (χ1n) is 7.85. The summed E-state index contributed by atoms with van der Waals surface area (Å²) in [5, 5.41) is 2.39. The maximum absolute atomic E-state index is 12.5. The zero-order valence-electron chi connectivity index (χ0n) is 13.9. The average molecular weight is 488 g/mol. The lowest BCUT2D eigenvalue weighted by Gasteiger charge is -2.49. The number of β-lactam (4-membered cyclic amide) rings is 1. The number of halogens is 1. The normalized spacial score (nSPS) is 21.6. The van der Waals surface area contributed by atoms with E-state index in [2.05, 4.69) is 27.9 Å². The van der Waals surface area contributed by atoms with Crippen LogP contribution in [-0.2, 0) is 19.1 Å². The lowest BCUT2D eigenvalue weighted by atomic mass is 10.0. The summed E-state index contributed by atoms with van der Waals surface area (Å²) < 4.78 is 10.8. The van der Waals surface area contributed by atoms with Gasteiger partial charge >= 0.3 is 5.97 Å². The van der Waals surface area contributed by atoms with E-state index in [0.717, 1.165) is 5.57 Å². The fourth-order valence-corrected chi connectivity index (χ4v) is 5.09. The second-order valence-electron chi connectivity index (χ2n) is 5.63. The molecule has 0 bridgehead atoms. The molecule has 0 aromatic heterocycles. The van der Waals surface area contributed by atoms with E-state index in [-0.39, 0.29) is 23.8 Å². The van der Waals surface area contributed by atoms with Crippen LogP contribution < -0.4 is 10.1 Å². The number of ether oxygens (including phenoxy) is 2. The van der Waals surface area contributed by atoms with Crippen molar-refractivity contribution in [3.05, 3.63) is 41.6 Å². The second kappa shape index (κ2) is 8.30. The molecule has 1 aromatic rings. The van der Waals surface area contributed by atoms with Gasteiger partial charge in [-0.2, -0.15) is 0 Å². The molecule has 1 saturated heterocycles. The fraction of sp³-hybridized carbons (Fsp3) is 0.353. The summed E-state index contributed by atoms with van der Waals surface area (Å²) in [7, 11) is 1.29. The highest BCUT2D eigenvalue weighted by Gasteiger charge is 2.54. The minimum Gasteiger partial charge on any atom is -0.484 e. The number of carbonyl (C=O) groups excluding carboxylic acids is 3. The van der Waals surface area contributed by atoms with Crippen molar-refractivity contribution < 1.29 is 23.9 Å². The van der Waals surface area contributed by atoms with E-state index in [9.17, 15) is 14.4 Å². The topological polar surface area (TPSA) is 84.9 Å². The summed E-state index contributed by atoms with van der Waals surface area (Å²) in [5.74, 6) is -0.00515. The lowest BCUT2D eigenvalue weighted by Crippen LogP contribution is -2.71. The quantitative estimate of drug-likeness (QED) is 0.282. The van der Waals surface area contributed by atoms with Crippen LogP contribution in [0, 0.1) is 0 Å². The molecular weight excluding hydrogens is 471 g/mol. The molecule has 0 saturated carbocycles. The molecule has 3 rings (SSSR count). The number of esters is 1. The zero-order chi connectivity index (χ0) is 18.7. The van der Waals surface area contributed by atoms with Crippen molar-refractivity contribution in [3.63, 3.8) is 0 Å². The van der Waals surface area contributed by atoms with Gasteiger partial charge < -0.3 is 14.8 Å². The Morgan fingerprint density at radius 1 is 1.35 bits per heavy atom. The largest absolute Gasteiger partial charge is 0.484 e. The monoisotopic (exact) mass is 488 g/mol. The SMILES string of the molecule is COC(=O)C1=C(CI)CS[C@H]2[C@@H](NC(=O)COc3ccccc3)C(=O)N12. The standard InChI is InChI=1S/C17H17IN2O5S/c1-24-17(23)14-10(7-18)9-26-16-13(15(22)20(14)16)19-12(21)8-25-11-5-3-2-4-6-11/h2-6,13,16H,7-9H2,1H3,(H,19,21)/t13-,16-/m0/s1. The Labute approximate surface area is 168 Å². The molecule has 7 nitrogen and oxygen atoms in total. The third kappa shape index (κ3) is 3.68. The predicted molar refractivity (Wildman–Crippen MR) is 105 cm³/mol. The minimum absolute atomic E-state index is 0.177. The van der Waals surface area contributed by atoms with Gasteiger partial charge in [0.15, 0.2) is 6.61 Å². The van der Waals surface area contributed by atoms with Crippen molar-refractivity contribution in [2.45, 2.75) is 11.4 Å². The number of hydrogen-bond donors (Lipinski definition) is 1. The molecule has 138 valence electrons. The van der Waals surface area contributed by atoms with Gasteiger partial charge in [0.2, 0.25) is 0 Å². The first kappa shape index (κ1) is 19.0. The van der Waals surface area contributed by atoms with Crippen molar-refractivity contribution in [1.82, 2.24) is 10.2 Å². The molecule has 2 aliphatic heterocycles. The number of benzene rings is 1. The first-order valence-corrected chi connectivity index (χ1v) is 10.4. The molecule has 9 heteroatoms. The van der Waals surface area contributed by atoms with Crippen molar-refractivity contribution >= 4 is 52.1 Å². The van der Waals surface area contributed by atoms with Crippen LogP contribution in [0.5, 0.6) is 5.75 Å². The second-order valence-corrected chi connectivity index (χ2v) is 7.50. The van der Waals surface area contributed by atoms with Crippen LogP contribution in [0.3, 0.4) is 0 Å². The average Bonchev–Trinajstić information content (AvgIpc) is 2.69. The van der Waals surface area contributed by atoms with Crippen LogP contribution in [-0.4, -0.2) is 58.0 Å². The molecule has 1 aromatic carbocycles. The minimum atomic E-state index is -0.665. The maximum atomic E-state index is 12.5.